The van der Waals surface area contributed by atoms with Gasteiger partial charge in [0.2, 0.25) is 5.78 Å². The minimum absolute atomic E-state index is 0.0479. The summed E-state index contributed by atoms with van der Waals surface area (Å²) in [5.74, 6) is -1.55. The Hall–Kier alpha value is -1.61. The molecule has 1 aliphatic carbocycles. The Kier molecular flexibility index (Phi) is 5.33. The molecule has 1 saturated carbocycles. The molecule has 0 atom stereocenters. The summed E-state index contributed by atoms with van der Waals surface area (Å²) in [6.07, 6.45) is -1.24. The van der Waals surface area contributed by atoms with Crippen LogP contribution in [0.4, 0.5) is 13.2 Å². The van der Waals surface area contributed by atoms with Crippen molar-refractivity contribution < 1.29 is 22.8 Å². The monoisotopic (exact) mass is 388 g/mol. The summed E-state index contributed by atoms with van der Waals surface area (Å²) in [4.78, 5) is 32.9. The number of alkyl halides is 3. The highest BCUT2D eigenvalue weighted by molar-refractivity contribution is 7.20. The molecule has 0 radical (unpaired) electrons. The first-order chi connectivity index (χ1) is 11.9. The molecule has 2 aromatic heterocycles. The third kappa shape index (κ3) is 4.52. The van der Waals surface area contributed by atoms with Crippen LogP contribution in [0.2, 0.25) is 0 Å². The van der Waals surface area contributed by atoms with E-state index in [0.717, 1.165) is 22.7 Å². The van der Waals surface area contributed by atoms with E-state index in [1.807, 2.05) is 5.38 Å². The van der Waals surface area contributed by atoms with Crippen LogP contribution >= 0.6 is 22.7 Å². The summed E-state index contributed by atoms with van der Waals surface area (Å²) in [6.45, 7) is 0. The van der Waals surface area contributed by atoms with E-state index >= 15 is 0 Å². The average Bonchev–Trinajstić information content (AvgIpc) is 3.09. The number of nitrogens with zero attached hydrogens (tertiary/aromatic N) is 2. The van der Waals surface area contributed by atoms with E-state index in [-0.39, 0.29) is 25.0 Å². The third-order valence-electron chi connectivity index (χ3n) is 3.85. The van der Waals surface area contributed by atoms with Crippen molar-refractivity contribution in [2.24, 2.45) is 0 Å². The lowest BCUT2D eigenvalue weighted by molar-refractivity contribution is -0.171. The second kappa shape index (κ2) is 7.33. The molecule has 3 rings (SSSR count). The van der Waals surface area contributed by atoms with Gasteiger partial charge >= 0.3 is 6.18 Å². The van der Waals surface area contributed by atoms with Gasteiger partial charge in [0.1, 0.15) is 5.69 Å². The molecule has 0 N–H and O–H groups in total. The van der Waals surface area contributed by atoms with Crippen molar-refractivity contribution in [1.82, 2.24) is 9.97 Å². The van der Waals surface area contributed by atoms with E-state index in [0.29, 0.717) is 16.6 Å². The van der Waals surface area contributed by atoms with Crippen LogP contribution in [0.15, 0.2) is 11.6 Å². The Morgan fingerprint density at radius 3 is 2.48 bits per heavy atom. The Labute approximate surface area is 150 Å². The lowest BCUT2D eigenvalue weighted by Crippen LogP contribution is -2.22. The van der Waals surface area contributed by atoms with Gasteiger partial charge < -0.3 is 0 Å². The quantitative estimate of drug-likeness (QED) is 0.471. The van der Waals surface area contributed by atoms with E-state index in [1.54, 1.807) is 6.20 Å². The summed E-state index contributed by atoms with van der Waals surface area (Å²) in [5, 5.41) is 3.32. The molecule has 9 heteroatoms. The second-order valence-corrected chi connectivity index (χ2v) is 7.82. The van der Waals surface area contributed by atoms with Gasteiger partial charge in [-0.2, -0.15) is 13.2 Å². The highest BCUT2D eigenvalue weighted by Crippen LogP contribution is 2.46. The van der Waals surface area contributed by atoms with Crippen molar-refractivity contribution in [2.75, 3.05) is 0 Å². The Morgan fingerprint density at radius 2 is 1.88 bits per heavy atom. The van der Waals surface area contributed by atoms with Crippen molar-refractivity contribution in [3.8, 4) is 10.0 Å². The predicted molar refractivity (Wildman–Crippen MR) is 89.1 cm³/mol. The number of thiazole rings is 2. The number of carbonyl (C=O) groups excluding carboxylic acids is 2. The lowest BCUT2D eigenvalue weighted by atomic mass is 10.1. The molecule has 0 aromatic carbocycles. The van der Waals surface area contributed by atoms with E-state index in [1.165, 1.54) is 22.7 Å². The zero-order valence-electron chi connectivity index (χ0n) is 13.1. The molecule has 25 heavy (non-hydrogen) atoms. The van der Waals surface area contributed by atoms with E-state index in [9.17, 15) is 22.8 Å². The Bertz CT molecular complexity index is 765. The molecule has 0 aliphatic heterocycles. The fraction of sp³-hybridized carbons (Fsp3) is 0.500. The van der Waals surface area contributed by atoms with E-state index in [2.05, 4.69) is 9.97 Å². The second-order valence-electron chi connectivity index (χ2n) is 5.89. The zero-order valence-corrected chi connectivity index (χ0v) is 14.8. The molecule has 4 nitrogen and oxygen atoms in total. The summed E-state index contributed by atoms with van der Waals surface area (Å²) in [6, 6.07) is 0. The summed E-state index contributed by atoms with van der Waals surface area (Å²) >= 11 is 2.93. The number of hydrogen-bond acceptors (Lipinski definition) is 6. The standard InChI is InChI=1S/C16H15F3N2O2S2/c17-16(18,19)11(23)4-2-1-3-10(22)12-13(9-5-6-9)25-15(21-12)14-20-7-8-24-14/h7-9H,1-6H2. The highest BCUT2D eigenvalue weighted by atomic mass is 32.1. The number of aromatic nitrogens is 2. The maximum Gasteiger partial charge on any atom is 0.449 e. The smallest absolute Gasteiger partial charge is 0.292 e. The third-order valence-corrected chi connectivity index (χ3v) is 5.99. The average molecular weight is 388 g/mol. The maximum atomic E-state index is 12.4. The number of halogens is 3. The molecule has 0 bridgehead atoms. The summed E-state index contributed by atoms with van der Waals surface area (Å²) in [7, 11) is 0. The predicted octanol–water partition coefficient (Wildman–Crippen LogP) is 5.02. The van der Waals surface area contributed by atoms with Crippen molar-refractivity contribution >= 4 is 34.2 Å². The SMILES string of the molecule is O=C(CCCCC(=O)C(F)(F)F)c1nc(-c2nccs2)sc1C1CC1. The molecule has 134 valence electrons. The van der Waals surface area contributed by atoms with Crippen LogP contribution in [-0.4, -0.2) is 27.7 Å². The van der Waals surface area contributed by atoms with Crippen molar-refractivity contribution in [3.63, 3.8) is 0 Å². The molecule has 1 aliphatic rings. The van der Waals surface area contributed by atoms with Crippen molar-refractivity contribution in [3.05, 3.63) is 22.1 Å². The van der Waals surface area contributed by atoms with Gasteiger partial charge in [-0.15, -0.1) is 22.7 Å². The van der Waals surface area contributed by atoms with Crippen LogP contribution in [0.5, 0.6) is 0 Å². The number of carbonyl (C=O) groups is 2. The van der Waals surface area contributed by atoms with Crippen molar-refractivity contribution in [2.45, 2.75) is 50.6 Å². The number of unbranched alkanes of at least 4 members (excludes halogenated alkanes) is 1. The van der Waals surface area contributed by atoms with Gasteiger partial charge in [0.15, 0.2) is 15.8 Å². The molecule has 0 unspecified atom stereocenters. The molecule has 1 fully saturated rings. The summed E-state index contributed by atoms with van der Waals surface area (Å²) in [5.41, 5.74) is 0.430. The van der Waals surface area contributed by atoms with Crippen molar-refractivity contribution in [1.29, 1.82) is 0 Å². The molecule has 2 aromatic rings. The fourth-order valence-electron chi connectivity index (χ4n) is 2.41. The maximum absolute atomic E-state index is 12.4. The minimum Gasteiger partial charge on any atom is -0.292 e. The van der Waals surface area contributed by atoms with E-state index < -0.39 is 18.4 Å². The number of Topliss-reactive ketones (excluding diaryl/α,β-unsaturated/α-hetero) is 2. The molecule has 0 amide bonds. The minimum atomic E-state index is -4.79. The number of rotatable bonds is 8. The fourth-order valence-corrected chi connectivity index (χ4v) is 4.34. The lowest BCUT2D eigenvalue weighted by Gasteiger charge is -2.04. The highest BCUT2D eigenvalue weighted by Gasteiger charge is 2.37. The zero-order chi connectivity index (χ0) is 18.0. The van der Waals surface area contributed by atoms with Crippen LogP contribution in [0.1, 0.15) is 59.8 Å². The number of hydrogen-bond donors (Lipinski definition) is 0. The van der Waals surface area contributed by atoms with Gasteiger partial charge in [-0.25, -0.2) is 9.97 Å². The van der Waals surface area contributed by atoms with Gasteiger partial charge in [-0.05, 0) is 31.6 Å². The first-order valence-corrected chi connectivity index (χ1v) is 9.59. The number of ketones is 2. The van der Waals surface area contributed by atoms with Gasteiger partial charge in [-0.1, -0.05) is 0 Å². The van der Waals surface area contributed by atoms with Crippen LogP contribution in [0, 0.1) is 0 Å². The van der Waals surface area contributed by atoms with Gasteiger partial charge in [0, 0.05) is 29.3 Å². The van der Waals surface area contributed by atoms with Crippen LogP contribution in [-0.2, 0) is 4.79 Å². The normalized spacial score (nSPS) is 14.7. The molecular formula is C16H15F3N2O2S2. The molecule has 2 heterocycles. The van der Waals surface area contributed by atoms with Gasteiger partial charge in [0.25, 0.3) is 0 Å². The van der Waals surface area contributed by atoms with Crippen LogP contribution < -0.4 is 0 Å². The van der Waals surface area contributed by atoms with Crippen LogP contribution in [0.25, 0.3) is 10.0 Å². The Morgan fingerprint density at radius 1 is 1.16 bits per heavy atom. The molecular weight excluding hydrogens is 373 g/mol. The van der Waals surface area contributed by atoms with E-state index in [4.69, 9.17) is 0 Å². The van der Waals surface area contributed by atoms with Crippen LogP contribution in [0.3, 0.4) is 0 Å². The molecule has 0 saturated heterocycles. The first kappa shape index (κ1) is 18.2. The largest absolute Gasteiger partial charge is 0.449 e. The Balaban J connectivity index is 1.61. The van der Waals surface area contributed by atoms with Gasteiger partial charge in [0.05, 0.1) is 0 Å². The topological polar surface area (TPSA) is 59.9 Å². The first-order valence-electron chi connectivity index (χ1n) is 7.90. The molecule has 0 spiro atoms. The van der Waals surface area contributed by atoms with Gasteiger partial charge in [-0.3, -0.25) is 9.59 Å². The summed E-state index contributed by atoms with van der Waals surface area (Å²) < 4.78 is 36.5.